The number of rotatable bonds is 2. The molecule has 1 saturated heterocycles. The van der Waals surface area contributed by atoms with Crippen molar-refractivity contribution < 1.29 is 9.53 Å². The topological polar surface area (TPSA) is 80.2 Å². The van der Waals surface area contributed by atoms with Gasteiger partial charge in [-0.05, 0) is 26.8 Å². The van der Waals surface area contributed by atoms with Crippen molar-refractivity contribution in [1.29, 1.82) is 0 Å². The van der Waals surface area contributed by atoms with E-state index in [2.05, 4.69) is 20.3 Å². The number of hydrogen-bond acceptors (Lipinski definition) is 6. The van der Waals surface area contributed by atoms with Crippen molar-refractivity contribution in [3.8, 4) is 0 Å². The van der Waals surface area contributed by atoms with Crippen LogP contribution in [0.3, 0.4) is 0 Å². The lowest BCUT2D eigenvalue weighted by Crippen LogP contribution is -2.55. The second kappa shape index (κ2) is 6.22. The molecule has 2 aromatic heterocycles. The number of nitrogens with zero attached hydrogens (tertiary/aromatic N) is 4. The number of amides is 1. The first-order valence-corrected chi connectivity index (χ1v) is 8.19. The summed E-state index contributed by atoms with van der Waals surface area (Å²) in [5.41, 5.74) is 0.670. The maximum Gasteiger partial charge on any atom is 0.407 e. The standard InChI is InChI=1S/C15H17Cl2N5O2/c1-15(2,3)21-14(23)24-9-6-22(7-9)13-11(17)19-10-4-8(16)5-18-12(10)20-13/h4-5,9H,6-7H2,1-3H3,(H,21,23). The van der Waals surface area contributed by atoms with Crippen LogP contribution in [0.5, 0.6) is 0 Å². The van der Waals surface area contributed by atoms with Gasteiger partial charge in [0.05, 0.1) is 18.1 Å². The first-order valence-electron chi connectivity index (χ1n) is 7.44. The highest BCUT2D eigenvalue weighted by molar-refractivity contribution is 6.32. The Morgan fingerprint density at radius 1 is 1.33 bits per heavy atom. The Balaban J connectivity index is 1.65. The molecule has 2 aromatic rings. The molecule has 3 rings (SSSR count). The highest BCUT2D eigenvalue weighted by Gasteiger charge is 2.33. The number of alkyl carbamates (subject to hydrolysis) is 1. The first-order chi connectivity index (χ1) is 11.2. The molecule has 1 amide bonds. The summed E-state index contributed by atoms with van der Waals surface area (Å²) < 4.78 is 5.34. The van der Waals surface area contributed by atoms with Gasteiger partial charge in [-0.2, -0.15) is 0 Å². The van der Waals surface area contributed by atoms with E-state index in [9.17, 15) is 4.79 Å². The van der Waals surface area contributed by atoms with Crippen LogP contribution in [0.1, 0.15) is 20.8 Å². The van der Waals surface area contributed by atoms with Crippen LogP contribution in [-0.2, 0) is 4.74 Å². The molecular formula is C15H17Cl2N5O2. The highest BCUT2D eigenvalue weighted by Crippen LogP contribution is 2.29. The average Bonchev–Trinajstić information content (AvgIpc) is 2.40. The van der Waals surface area contributed by atoms with Gasteiger partial charge in [0.2, 0.25) is 0 Å². The van der Waals surface area contributed by atoms with Crippen LogP contribution >= 0.6 is 23.2 Å². The van der Waals surface area contributed by atoms with Gasteiger partial charge in [0, 0.05) is 11.7 Å². The number of ether oxygens (including phenoxy) is 1. The predicted octanol–water partition coefficient (Wildman–Crippen LogP) is 3.04. The molecule has 0 spiro atoms. The third-order valence-electron chi connectivity index (χ3n) is 3.33. The molecule has 128 valence electrons. The van der Waals surface area contributed by atoms with Gasteiger partial charge >= 0.3 is 6.09 Å². The molecule has 0 radical (unpaired) electrons. The summed E-state index contributed by atoms with van der Waals surface area (Å²) in [6.45, 7) is 6.69. The molecular weight excluding hydrogens is 353 g/mol. The Morgan fingerprint density at radius 3 is 2.71 bits per heavy atom. The molecule has 0 atom stereocenters. The van der Waals surface area contributed by atoms with Gasteiger partial charge in [0.1, 0.15) is 11.6 Å². The molecule has 1 fully saturated rings. The Labute approximate surface area is 149 Å². The Hall–Kier alpha value is -1.86. The van der Waals surface area contributed by atoms with Gasteiger partial charge < -0.3 is 15.0 Å². The van der Waals surface area contributed by atoms with E-state index in [4.69, 9.17) is 27.9 Å². The average molecular weight is 370 g/mol. The summed E-state index contributed by atoms with van der Waals surface area (Å²) >= 11 is 12.1. The van der Waals surface area contributed by atoms with Crippen molar-refractivity contribution in [1.82, 2.24) is 20.3 Å². The fourth-order valence-corrected chi connectivity index (χ4v) is 2.67. The zero-order chi connectivity index (χ0) is 17.5. The third kappa shape index (κ3) is 3.79. The quantitative estimate of drug-likeness (QED) is 0.875. The van der Waals surface area contributed by atoms with E-state index >= 15 is 0 Å². The number of hydrogen-bond donors (Lipinski definition) is 1. The number of carbonyl (C=O) groups is 1. The number of pyridine rings is 1. The molecule has 1 aliphatic rings. The van der Waals surface area contributed by atoms with Crippen molar-refractivity contribution in [2.75, 3.05) is 18.0 Å². The van der Waals surface area contributed by atoms with Crippen LogP contribution in [0.25, 0.3) is 11.2 Å². The minimum atomic E-state index is -0.431. The number of fused-ring (bicyclic) bond motifs is 1. The van der Waals surface area contributed by atoms with E-state index in [0.29, 0.717) is 35.1 Å². The van der Waals surface area contributed by atoms with E-state index in [-0.39, 0.29) is 16.8 Å². The van der Waals surface area contributed by atoms with E-state index in [1.807, 2.05) is 25.7 Å². The van der Waals surface area contributed by atoms with E-state index in [1.54, 1.807) is 6.07 Å². The molecule has 9 heteroatoms. The summed E-state index contributed by atoms with van der Waals surface area (Å²) in [5, 5.41) is 3.50. The monoisotopic (exact) mass is 369 g/mol. The van der Waals surface area contributed by atoms with Crippen molar-refractivity contribution in [3.05, 3.63) is 22.4 Å². The Bertz CT molecular complexity index is 787. The van der Waals surface area contributed by atoms with Crippen LogP contribution in [0, 0.1) is 0 Å². The lowest BCUT2D eigenvalue weighted by molar-refractivity contribution is 0.0753. The summed E-state index contributed by atoms with van der Waals surface area (Å²) in [7, 11) is 0. The number of nitrogens with one attached hydrogen (secondary N) is 1. The lowest BCUT2D eigenvalue weighted by atomic mass is 10.1. The van der Waals surface area contributed by atoms with E-state index in [1.165, 1.54) is 6.20 Å². The minimum absolute atomic E-state index is 0.209. The second-order valence-electron chi connectivity index (χ2n) is 6.64. The van der Waals surface area contributed by atoms with Gasteiger partial charge in [-0.15, -0.1) is 0 Å². The van der Waals surface area contributed by atoms with Gasteiger partial charge in [-0.3, -0.25) is 0 Å². The highest BCUT2D eigenvalue weighted by atomic mass is 35.5. The summed E-state index contributed by atoms with van der Waals surface area (Å²) in [6.07, 6.45) is 0.869. The number of halogens is 2. The zero-order valence-corrected chi connectivity index (χ0v) is 15.0. The molecule has 0 bridgehead atoms. The maximum atomic E-state index is 11.8. The minimum Gasteiger partial charge on any atom is -0.442 e. The SMILES string of the molecule is CC(C)(C)NC(=O)OC1CN(c2nc3ncc(Cl)cc3nc2Cl)C1. The third-order valence-corrected chi connectivity index (χ3v) is 3.79. The first kappa shape index (κ1) is 17.0. The molecule has 0 unspecified atom stereocenters. The largest absolute Gasteiger partial charge is 0.442 e. The molecule has 7 nitrogen and oxygen atoms in total. The fraction of sp³-hybridized carbons (Fsp3) is 0.467. The fourth-order valence-electron chi connectivity index (χ4n) is 2.27. The zero-order valence-electron chi connectivity index (χ0n) is 13.5. The summed E-state index contributed by atoms with van der Waals surface area (Å²) in [5.74, 6) is 0.523. The number of carbonyl (C=O) groups excluding carboxylic acids is 1. The number of anilines is 1. The van der Waals surface area contributed by atoms with Crippen molar-refractivity contribution in [3.63, 3.8) is 0 Å². The van der Waals surface area contributed by atoms with Crippen LogP contribution < -0.4 is 10.2 Å². The van der Waals surface area contributed by atoms with Crippen LogP contribution in [0.4, 0.5) is 10.6 Å². The van der Waals surface area contributed by atoms with Gasteiger partial charge in [-0.25, -0.2) is 19.7 Å². The predicted molar refractivity (Wildman–Crippen MR) is 92.7 cm³/mol. The van der Waals surface area contributed by atoms with Crippen LogP contribution in [-0.4, -0.2) is 45.8 Å². The maximum absolute atomic E-state index is 11.8. The van der Waals surface area contributed by atoms with E-state index in [0.717, 1.165) is 0 Å². The smallest absolute Gasteiger partial charge is 0.407 e. The van der Waals surface area contributed by atoms with Gasteiger partial charge in [0.25, 0.3) is 0 Å². The van der Waals surface area contributed by atoms with Gasteiger partial charge in [0.15, 0.2) is 16.6 Å². The summed E-state index contributed by atoms with van der Waals surface area (Å²) in [6, 6.07) is 1.66. The molecule has 1 N–H and O–H groups in total. The molecule has 0 aliphatic carbocycles. The molecule has 1 aliphatic heterocycles. The normalized spacial score (nSPS) is 15.3. The Morgan fingerprint density at radius 2 is 2.04 bits per heavy atom. The summed E-state index contributed by atoms with van der Waals surface area (Å²) in [4.78, 5) is 26.5. The number of aromatic nitrogens is 3. The van der Waals surface area contributed by atoms with E-state index < -0.39 is 6.09 Å². The molecule has 3 heterocycles. The van der Waals surface area contributed by atoms with Crippen molar-refractivity contribution in [2.24, 2.45) is 0 Å². The second-order valence-corrected chi connectivity index (χ2v) is 7.44. The van der Waals surface area contributed by atoms with Gasteiger partial charge in [-0.1, -0.05) is 23.2 Å². The Kier molecular flexibility index (Phi) is 4.40. The molecule has 0 saturated carbocycles. The van der Waals surface area contributed by atoms with Crippen LogP contribution in [0.15, 0.2) is 12.3 Å². The van der Waals surface area contributed by atoms with Crippen molar-refractivity contribution in [2.45, 2.75) is 32.4 Å². The van der Waals surface area contributed by atoms with Crippen molar-refractivity contribution >= 4 is 46.3 Å². The molecule has 0 aromatic carbocycles. The molecule has 24 heavy (non-hydrogen) atoms. The van der Waals surface area contributed by atoms with Crippen LogP contribution in [0.2, 0.25) is 10.2 Å². The lowest BCUT2D eigenvalue weighted by Gasteiger charge is -2.39.